The number of rotatable bonds is 39. The first-order valence-corrected chi connectivity index (χ1v) is 27.0. The van der Waals surface area contributed by atoms with Crippen LogP contribution in [0, 0.1) is 0 Å². The highest BCUT2D eigenvalue weighted by Crippen LogP contribution is 2.49. The van der Waals surface area contributed by atoms with Crippen LogP contribution < -0.4 is 0 Å². The van der Waals surface area contributed by atoms with Gasteiger partial charge in [0.25, 0.3) is 0 Å². The van der Waals surface area contributed by atoms with Crippen molar-refractivity contribution in [3.8, 4) is 0 Å². The van der Waals surface area contributed by atoms with Crippen molar-refractivity contribution in [2.24, 2.45) is 0 Å². The molecule has 10 atom stereocenters. The summed E-state index contributed by atoms with van der Waals surface area (Å²) in [6.45, 7) is 2.98. The number of hydrogen-bond acceptors (Lipinski definition) is 14. The standard InChI is InChI=1S/C45H82O17P2/c1-3-5-7-8-9-10-11-12-13-14-15-16-20-23-27-31-38(46)57-33-35(34-58-64(55,56)62-45-42(50)40(48)41(49)44(43(45)51)61-63(52,53)54)59-39(47)32-28-24-21-18-17-19-22-26-30-37-36(60-37)29-25-6-4-2/h5,7,22,26,35-37,40-45,48-51H,3-4,6,8-21,23-25,27-34H2,1-2H3,(H,55,56)(H2,52,53,54)/b7-5-,26-22-/t35-,36?,37?,40?,41?,42?,43?,44-,45+/m1/s1. The number of phosphoric acid groups is 2. The highest BCUT2D eigenvalue weighted by atomic mass is 31.2. The van der Waals surface area contributed by atoms with Gasteiger partial charge in [-0.05, 0) is 57.8 Å². The average molecular weight is 957 g/mol. The number of ether oxygens (including phenoxy) is 3. The lowest BCUT2D eigenvalue weighted by atomic mass is 9.85. The molecule has 17 nitrogen and oxygen atoms in total. The van der Waals surface area contributed by atoms with Gasteiger partial charge in [-0.25, -0.2) is 9.13 Å². The predicted octanol–water partition coefficient (Wildman–Crippen LogP) is 7.94. The molecule has 0 bridgehead atoms. The first-order chi connectivity index (χ1) is 30.6. The minimum Gasteiger partial charge on any atom is -0.462 e. The number of carbonyl (C=O) groups excluding carboxylic acids is 2. The molecule has 2 fully saturated rings. The van der Waals surface area contributed by atoms with E-state index in [1.54, 1.807) is 0 Å². The molecular weight excluding hydrogens is 874 g/mol. The Morgan fingerprint density at radius 2 is 1.09 bits per heavy atom. The van der Waals surface area contributed by atoms with Gasteiger partial charge in [-0.2, -0.15) is 0 Å². The molecule has 0 aromatic carbocycles. The van der Waals surface area contributed by atoms with E-state index in [-0.39, 0.29) is 12.8 Å². The largest absolute Gasteiger partial charge is 0.472 e. The van der Waals surface area contributed by atoms with Gasteiger partial charge in [0.1, 0.15) is 43.2 Å². The monoisotopic (exact) mass is 957 g/mol. The van der Waals surface area contributed by atoms with Crippen molar-refractivity contribution in [1.29, 1.82) is 0 Å². The average Bonchev–Trinajstić information content (AvgIpc) is 4.00. The fourth-order valence-corrected chi connectivity index (χ4v) is 9.16. The Bertz CT molecular complexity index is 1410. The van der Waals surface area contributed by atoms with Gasteiger partial charge in [0, 0.05) is 12.8 Å². The minimum atomic E-state index is -5.37. The fraction of sp³-hybridized carbons (Fsp3) is 0.867. The fourth-order valence-electron chi connectivity index (χ4n) is 7.62. The highest BCUT2D eigenvalue weighted by molar-refractivity contribution is 7.47. The smallest absolute Gasteiger partial charge is 0.462 e. The molecule has 19 heteroatoms. The second kappa shape index (κ2) is 33.8. The van der Waals surface area contributed by atoms with E-state index in [2.05, 4.69) is 42.7 Å². The molecule has 0 aromatic heterocycles. The molecule has 0 amide bonds. The second-order valence-electron chi connectivity index (χ2n) is 17.2. The zero-order chi connectivity index (χ0) is 47.2. The maximum absolute atomic E-state index is 13.0. The molecule has 1 saturated carbocycles. The van der Waals surface area contributed by atoms with E-state index in [0.29, 0.717) is 25.0 Å². The number of unbranched alkanes of at least 4 members (excludes halogenated alkanes) is 18. The van der Waals surface area contributed by atoms with Crippen molar-refractivity contribution in [3.63, 3.8) is 0 Å². The Balaban J connectivity index is 1.78. The number of hydrogen-bond donors (Lipinski definition) is 7. The Morgan fingerprint density at radius 3 is 1.64 bits per heavy atom. The summed E-state index contributed by atoms with van der Waals surface area (Å²) in [4.78, 5) is 54.3. The van der Waals surface area contributed by atoms with Crippen molar-refractivity contribution in [3.05, 3.63) is 24.3 Å². The van der Waals surface area contributed by atoms with Crippen LogP contribution in [-0.4, -0.2) is 115 Å². The molecule has 0 radical (unpaired) electrons. The summed E-state index contributed by atoms with van der Waals surface area (Å²) in [6.07, 6.45) is 20.2. The van der Waals surface area contributed by atoms with Gasteiger partial charge >= 0.3 is 27.6 Å². The van der Waals surface area contributed by atoms with Crippen LogP contribution in [0.15, 0.2) is 24.3 Å². The van der Waals surface area contributed by atoms with Crippen molar-refractivity contribution < 1.29 is 81.6 Å². The lowest BCUT2D eigenvalue weighted by molar-refractivity contribution is -0.216. The van der Waals surface area contributed by atoms with Crippen LogP contribution in [0.4, 0.5) is 0 Å². The van der Waals surface area contributed by atoms with E-state index in [9.17, 15) is 53.8 Å². The van der Waals surface area contributed by atoms with E-state index in [1.807, 2.05) is 0 Å². The summed E-state index contributed by atoms with van der Waals surface area (Å²) in [5.41, 5.74) is 0. The summed E-state index contributed by atoms with van der Waals surface area (Å²) in [6, 6.07) is 0. The SMILES string of the molecule is CC/C=C\CCCCCCCCCCCCCC(=O)OC[C@H](COP(=O)(O)O[C@H]1C(O)C(O)C(O)[C@@H](OP(=O)(O)O)C1O)OC(=O)CCCCCCC/C=C\CC1OC1CCCCC. The van der Waals surface area contributed by atoms with Crippen molar-refractivity contribution in [2.45, 2.75) is 236 Å². The number of allylic oxidation sites excluding steroid dienone is 3. The third kappa shape index (κ3) is 27.3. The molecule has 1 saturated heterocycles. The number of phosphoric ester groups is 2. The molecule has 1 aliphatic heterocycles. The number of aliphatic hydroxyl groups is 4. The van der Waals surface area contributed by atoms with Gasteiger partial charge in [-0.15, -0.1) is 0 Å². The van der Waals surface area contributed by atoms with E-state index >= 15 is 0 Å². The molecule has 0 spiro atoms. The zero-order valence-corrected chi connectivity index (χ0v) is 40.2. The van der Waals surface area contributed by atoms with Crippen LogP contribution in [0.25, 0.3) is 0 Å². The number of esters is 2. The van der Waals surface area contributed by atoms with E-state index in [1.165, 1.54) is 57.8 Å². The van der Waals surface area contributed by atoms with Gasteiger partial charge in [0.05, 0.1) is 18.8 Å². The van der Waals surface area contributed by atoms with Gasteiger partial charge in [0.2, 0.25) is 0 Å². The minimum absolute atomic E-state index is 0.0248. The molecule has 64 heavy (non-hydrogen) atoms. The molecule has 7 unspecified atom stereocenters. The van der Waals surface area contributed by atoms with Crippen LogP contribution >= 0.6 is 15.6 Å². The topological polar surface area (TPSA) is 269 Å². The molecule has 0 aromatic rings. The van der Waals surface area contributed by atoms with Crippen molar-refractivity contribution in [1.82, 2.24) is 0 Å². The highest BCUT2D eigenvalue weighted by Gasteiger charge is 2.54. The second-order valence-corrected chi connectivity index (χ2v) is 19.8. The summed E-state index contributed by atoms with van der Waals surface area (Å²) < 4.78 is 55.1. The third-order valence-electron chi connectivity index (χ3n) is 11.4. The molecule has 374 valence electrons. The van der Waals surface area contributed by atoms with Crippen molar-refractivity contribution in [2.75, 3.05) is 13.2 Å². The summed E-state index contributed by atoms with van der Waals surface area (Å²) >= 11 is 0. The maximum atomic E-state index is 13.0. The van der Waals surface area contributed by atoms with E-state index in [4.69, 9.17) is 23.3 Å². The molecular formula is C45H82O17P2. The molecule has 1 aliphatic carbocycles. The molecule has 1 heterocycles. The number of epoxide rings is 1. The number of aliphatic hydroxyl groups excluding tert-OH is 4. The van der Waals surface area contributed by atoms with Crippen LogP contribution in [0.1, 0.15) is 181 Å². The molecule has 2 aliphatic rings. The normalized spacial score (nSPS) is 25.1. The van der Waals surface area contributed by atoms with E-state index < -0.39 is 83.5 Å². The predicted molar refractivity (Wildman–Crippen MR) is 241 cm³/mol. The zero-order valence-electron chi connectivity index (χ0n) is 38.4. The number of carbonyl (C=O) groups is 2. The van der Waals surface area contributed by atoms with Gasteiger partial charge < -0.3 is 49.3 Å². The maximum Gasteiger partial charge on any atom is 0.472 e. The van der Waals surface area contributed by atoms with Crippen molar-refractivity contribution >= 4 is 27.6 Å². The summed E-state index contributed by atoms with van der Waals surface area (Å²) in [5.74, 6) is -1.22. The van der Waals surface area contributed by atoms with Crippen LogP contribution in [0.3, 0.4) is 0 Å². The summed E-state index contributed by atoms with van der Waals surface area (Å²) in [7, 11) is -10.7. The molecule has 7 N–H and O–H groups in total. The molecule has 2 rings (SSSR count). The Labute approximate surface area is 381 Å². The van der Waals surface area contributed by atoms with Crippen LogP contribution in [0.5, 0.6) is 0 Å². The van der Waals surface area contributed by atoms with Gasteiger partial charge in [0.15, 0.2) is 6.10 Å². The first-order valence-electron chi connectivity index (χ1n) is 24.0. The van der Waals surface area contributed by atoms with Gasteiger partial charge in [-0.3, -0.25) is 23.2 Å². The van der Waals surface area contributed by atoms with E-state index in [0.717, 1.165) is 83.5 Å². The summed E-state index contributed by atoms with van der Waals surface area (Å²) in [5, 5.41) is 41.2. The lowest BCUT2D eigenvalue weighted by Gasteiger charge is -2.43. The quantitative estimate of drug-likeness (QED) is 0.0101. The van der Waals surface area contributed by atoms with Crippen LogP contribution in [-0.2, 0) is 46.5 Å². The lowest BCUT2D eigenvalue weighted by Crippen LogP contribution is -2.64. The third-order valence-corrected chi connectivity index (χ3v) is 12.9. The Kier molecular flexibility index (Phi) is 31.0. The van der Waals surface area contributed by atoms with Gasteiger partial charge in [-0.1, -0.05) is 134 Å². The first kappa shape index (κ1) is 58.6. The van der Waals surface area contributed by atoms with Crippen LogP contribution in [0.2, 0.25) is 0 Å². The Hall–Kier alpha value is -1.56. The Morgan fingerprint density at radius 1 is 0.578 bits per heavy atom.